The number of fused-ring (bicyclic) bond motifs is 1. The average molecular weight is 540 g/mol. The molecular formula is C30H42FN5O3. The molecule has 9 heteroatoms. The van der Waals surface area contributed by atoms with Crippen molar-refractivity contribution in [3.8, 4) is 0 Å². The largest absolute Gasteiger partial charge is 0.390 e. The third-order valence-electron chi connectivity index (χ3n) is 8.43. The maximum absolute atomic E-state index is 13.9. The van der Waals surface area contributed by atoms with Crippen LogP contribution in [0.5, 0.6) is 0 Å². The van der Waals surface area contributed by atoms with Crippen molar-refractivity contribution >= 4 is 11.6 Å². The van der Waals surface area contributed by atoms with Gasteiger partial charge in [-0.3, -0.25) is 19.6 Å². The summed E-state index contributed by atoms with van der Waals surface area (Å²) in [5.74, 6) is -0.211. The molecule has 5 rings (SSSR count). The van der Waals surface area contributed by atoms with E-state index in [2.05, 4.69) is 42.8 Å². The smallest absolute Gasteiger partial charge is 0.241 e. The Balaban J connectivity index is 1.37. The molecule has 1 aromatic carbocycles. The fraction of sp³-hybridized carbons (Fsp3) is 0.600. The Hall–Kier alpha value is -2.43. The maximum atomic E-state index is 13.9. The average Bonchev–Trinajstić information content (AvgIpc) is 3.17. The zero-order valence-electron chi connectivity index (χ0n) is 23.6. The van der Waals surface area contributed by atoms with E-state index in [1.807, 2.05) is 11.0 Å². The summed E-state index contributed by atoms with van der Waals surface area (Å²) in [6.07, 6.45) is 0.508. The minimum absolute atomic E-state index is 0.0715. The number of anilines is 1. The molecule has 8 nitrogen and oxygen atoms in total. The monoisotopic (exact) mass is 539 g/mol. The van der Waals surface area contributed by atoms with Crippen LogP contribution in [0.4, 0.5) is 10.1 Å². The number of aliphatic hydroxyl groups is 1. The van der Waals surface area contributed by atoms with Crippen LogP contribution < -0.4 is 10.2 Å². The van der Waals surface area contributed by atoms with Crippen LogP contribution in [-0.4, -0.2) is 96.4 Å². The molecule has 2 N–H and O–H groups in total. The molecule has 3 atom stereocenters. The van der Waals surface area contributed by atoms with Gasteiger partial charge in [-0.2, -0.15) is 0 Å². The van der Waals surface area contributed by atoms with Gasteiger partial charge in [0.1, 0.15) is 5.82 Å². The molecule has 2 fully saturated rings. The van der Waals surface area contributed by atoms with Crippen LogP contribution in [-0.2, 0) is 28.0 Å². The van der Waals surface area contributed by atoms with Gasteiger partial charge < -0.3 is 20.1 Å². The third kappa shape index (κ3) is 6.18. The zero-order valence-corrected chi connectivity index (χ0v) is 23.6. The van der Waals surface area contributed by atoms with E-state index >= 15 is 0 Å². The highest BCUT2D eigenvalue weighted by Crippen LogP contribution is 2.41. The highest BCUT2D eigenvalue weighted by Gasteiger charge is 2.41. The second kappa shape index (κ2) is 11.6. The number of rotatable bonds is 7. The Kier molecular flexibility index (Phi) is 8.35. The number of amides is 1. The van der Waals surface area contributed by atoms with Crippen LogP contribution in [0.15, 0.2) is 30.3 Å². The van der Waals surface area contributed by atoms with Crippen molar-refractivity contribution in [3.63, 3.8) is 0 Å². The van der Waals surface area contributed by atoms with Gasteiger partial charge in [0, 0.05) is 56.3 Å². The van der Waals surface area contributed by atoms with E-state index in [-0.39, 0.29) is 29.8 Å². The summed E-state index contributed by atoms with van der Waals surface area (Å²) < 4.78 is 19.1. The lowest BCUT2D eigenvalue weighted by Gasteiger charge is -2.43. The number of ether oxygens (including phenoxy) is 1. The van der Waals surface area contributed by atoms with Crippen molar-refractivity contribution < 1.29 is 19.0 Å². The summed E-state index contributed by atoms with van der Waals surface area (Å²) in [6.45, 7) is 14.3. The number of hydrogen-bond donors (Lipinski definition) is 2. The summed E-state index contributed by atoms with van der Waals surface area (Å²) in [7, 11) is 0. The lowest BCUT2D eigenvalue weighted by atomic mass is 9.90. The van der Waals surface area contributed by atoms with E-state index in [1.165, 1.54) is 12.1 Å². The highest BCUT2D eigenvalue weighted by molar-refractivity contribution is 5.97. The molecule has 0 radical (unpaired) electrons. The van der Waals surface area contributed by atoms with Gasteiger partial charge in [0.25, 0.3) is 0 Å². The molecule has 0 saturated carbocycles. The third-order valence-corrected chi connectivity index (χ3v) is 8.43. The molecule has 3 aliphatic heterocycles. The SMILES string of the molecule is C[C@@H]1CN(CC(=O)N2CC(C)(C)c3nc(CO)c(Cc4ccc(F)cc4)cc32)[C@@H](CN2CCOC[C@H]2C)CN1. The van der Waals surface area contributed by atoms with Crippen molar-refractivity contribution in [2.75, 3.05) is 57.4 Å². The Morgan fingerprint density at radius 1 is 1.23 bits per heavy atom. The van der Waals surface area contributed by atoms with Crippen molar-refractivity contribution in [2.24, 2.45) is 0 Å². The second-order valence-corrected chi connectivity index (χ2v) is 12.1. The van der Waals surface area contributed by atoms with Crippen LogP contribution in [0.25, 0.3) is 0 Å². The fourth-order valence-electron chi connectivity index (χ4n) is 6.14. The van der Waals surface area contributed by atoms with Gasteiger partial charge in [-0.25, -0.2) is 4.39 Å². The Morgan fingerprint density at radius 3 is 2.72 bits per heavy atom. The summed E-state index contributed by atoms with van der Waals surface area (Å²) in [5, 5.41) is 13.7. The Bertz CT molecular complexity index is 1170. The van der Waals surface area contributed by atoms with Gasteiger partial charge >= 0.3 is 0 Å². The topological polar surface area (TPSA) is 81.2 Å². The molecule has 0 spiro atoms. The van der Waals surface area contributed by atoms with Crippen molar-refractivity contribution in [1.29, 1.82) is 0 Å². The van der Waals surface area contributed by atoms with E-state index in [0.717, 1.165) is 61.9 Å². The van der Waals surface area contributed by atoms with E-state index in [9.17, 15) is 14.3 Å². The first-order valence-electron chi connectivity index (χ1n) is 14.1. The van der Waals surface area contributed by atoms with Crippen LogP contribution in [0, 0.1) is 5.82 Å². The standard InChI is InChI=1S/C30H42FN5O3/c1-20-14-35(25(13-32-20)15-34-9-10-39-18-21(34)2)16-28(38)36-19-30(3,4)29-27(36)12-23(26(17-37)33-29)11-22-5-7-24(31)8-6-22/h5-8,12,20-21,25,32,37H,9-11,13-19H2,1-4H3/t20-,21-,25-/m1/s1. The van der Waals surface area contributed by atoms with E-state index in [1.54, 1.807) is 12.1 Å². The molecule has 1 aromatic heterocycles. The number of morpholine rings is 1. The summed E-state index contributed by atoms with van der Waals surface area (Å²) in [5.41, 5.74) is 3.72. The van der Waals surface area contributed by atoms with Gasteiger partial charge in [-0.1, -0.05) is 26.0 Å². The van der Waals surface area contributed by atoms with Gasteiger partial charge in [-0.15, -0.1) is 0 Å². The van der Waals surface area contributed by atoms with Gasteiger partial charge in [0.05, 0.1) is 43.4 Å². The normalized spacial score (nSPS) is 25.6. The number of carbonyl (C=O) groups is 1. The molecule has 1 amide bonds. The van der Waals surface area contributed by atoms with Gasteiger partial charge in [0.2, 0.25) is 5.91 Å². The molecule has 0 unspecified atom stereocenters. The van der Waals surface area contributed by atoms with Crippen LogP contribution in [0.3, 0.4) is 0 Å². The number of nitrogens with zero attached hydrogens (tertiary/aromatic N) is 4. The lowest BCUT2D eigenvalue weighted by molar-refractivity contribution is -0.121. The zero-order chi connectivity index (χ0) is 27.7. The molecule has 2 saturated heterocycles. The predicted molar refractivity (Wildman–Crippen MR) is 149 cm³/mol. The summed E-state index contributed by atoms with van der Waals surface area (Å²) >= 11 is 0. The minimum Gasteiger partial charge on any atom is -0.390 e. The van der Waals surface area contributed by atoms with Gasteiger partial charge in [0.15, 0.2) is 0 Å². The Morgan fingerprint density at radius 2 is 2.00 bits per heavy atom. The van der Waals surface area contributed by atoms with Crippen molar-refractivity contribution in [1.82, 2.24) is 20.1 Å². The van der Waals surface area contributed by atoms with E-state index in [4.69, 9.17) is 9.72 Å². The number of hydrogen-bond acceptors (Lipinski definition) is 7. The van der Waals surface area contributed by atoms with Crippen LogP contribution in [0.1, 0.15) is 50.2 Å². The molecular weight excluding hydrogens is 497 g/mol. The molecule has 0 aliphatic carbocycles. The quantitative estimate of drug-likeness (QED) is 0.559. The summed E-state index contributed by atoms with van der Waals surface area (Å²) in [6, 6.07) is 9.31. The Labute approximate surface area is 231 Å². The van der Waals surface area contributed by atoms with Crippen LogP contribution >= 0.6 is 0 Å². The number of pyridine rings is 1. The lowest BCUT2D eigenvalue weighted by Crippen LogP contribution is -2.62. The maximum Gasteiger partial charge on any atom is 0.241 e. The van der Waals surface area contributed by atoms with Crippen molar-refractivity contribution in [3.05, 3.63) is 58.7 Å². The first-order valence-corrected chi connectivity index (χ1v) is 14.1. The van der Waals surface area contributed by atoms with Crippen molar-refractivity contribution in [2.45, 2.75) is 64.3 Å². The molecule has 2 aromatic rings. The number of benzene rings is 1. The highest BCUT2D eigenvalue weighted by atomic mass is 19.1. The number of aromatic nitrogens is 1. The number of piperazine rings is 1. The first-order chi connectivity index (χ1) is 18.6. The van der Waals surface area contributed by atoms with E-state index in [0.29, 0.717) is 37.3 Å². The molecule has 0 bridgehead atoms. The number of aliphatic hydroxyl groups excluding tert-OH is 1. The van der Waals surface area contributed by atoms with Gasteiger partial charge in [-0.05, 0) is 49.6 Å². The van der Waals surface area contributed by atoms with E-state index < -0.39 is 0 Å². The fourth-order valence-corrected chi connectivity index (χ4v) is 6.14. The molecule has 39 heavy (non-hydrogen) atoms. The molecule has 212 valence electrons. The number of halogens is 1. The van der Waals surface area contributed by atoms with Crippen LogP contribution in [0.2, 0.25) is 0 Å². The number of nitrogens with one attached hydrogen (secondary N) is 1. The predicted octanol–water partition coefficient (Wildman–Crippen LogP) is 2.31. The number of carbonyl (C=O) groups excluding carboxylic acids is 1. The molecule has 4 heterocycles. The second-order valence-electron chi connectivity index (χ2n) is 12.1. The minimum atomic E-state index is -0.331. The molecule has 3 aliphatic rings. The summed E-state index contributed by atoms with van der Waals surface area (Å²) in [4.78, 5) is 25.5. The first kappa shape index (κ1) is 28.1.